The second-order valence-corrected chi connectivity index (χ2v) is 6.12. The second kappa shape index (κ2) is 7.81. The Hall–Kier alpha value is -4.20. The van der Waals surface area contributed by atoms with Crippen molar-refractivity contribution in [1.29, 1.82) is 0 Å². The Morgan fingerprint density at radius 2 is 1.79 bits per heavy atom. The molecule has 0 aliphatic heterocycles. The number of amides is 2. The van der Waals surface area contributed by atoms with Gasteiger partial charge in [-0.2, -0.15) is 0 Å². The van der Waals surface area contributed by atoms with Crippen LogP contribution in [0.4, 0.5) is 16.4 Å². The molecule has 0 aliphatic carbocycles. The molecule has 0 saturated carbocycles. The molecule has 4 aromatic rings. The van der Waals surface area contributed by atoms with E-state index < -0.39 is 6.03 Å². The largest absolute Gasteiger partial charge is 0.438 e. The van der Waals surface area contributed by atoms with Crippen LogP contribution < -0.4 is 21.1 Å². The normalized spacial score (nSPS) is 10.5. The van der Waals surface area contributed by atoms with E-state index in [4.69, 9.17) is 10.5 Å². The first kappa shape index (κ1) is 18.2. The van der Waals surface area contributed by atoms with Crippen LogP contribution in [-0.4, -0.2) is 28.0 Å². The van der Waals surface area contributed by atoms with Crippen LogP contribution in [0.1, 0.15) is 0 Å². The van der Waals surface area contributed by atoms with E-state index in [-0.39, 0.29) is 0 Å². The van der Waals surface area contributed by atoms with Crippen LogP contribution >= 0.6 is 0 Å². The summed E-state index contributed by atoms with van der Waals surface area (Å²) in [6.45, 7) is 0. The molecule has 2 aromatic heterocycles. The number of carbonyl (C=O) groups is 1. The summed E-state index contributed by atoms with van der Waals surface area (Å²) in [6.07, 6.45) is 3.33. The molecule has 29 heavy (non-hydrogen) atoms. The van der Waals surface area contributed by atoms with Crippen molar-refractivity contribution in [2.45, 2.75) is 0 Å². The van der Waals surface area contributed by atoms with Crippen LogP contribution in [0.3, 0.4) is 0 Å². The number of nitrogens with two attached hydrogens (primary N) is 1. The van der Waals surface area contributed by atoms with Gasteiger partial charge in [0, 0.05) is 30.2 Å². The SMILES string of the molecule is CNc1nccc(-c2cccnc2Oc2ccc(NC(N)=O)c3ccccc23)n1. The highest BCUT2D eigenvalue weighted by Gasteiger charge is 2.14. The molecule has 4 N–H and O–H groups in total. The van der Waals surface area contributed by atoms with Crippen molar-refractivity contribution in [3.05, 3.63) is 67.0 Å². The lowest BCUT2D eigenvalue weighted by atomic mass is 10.1. The lowest BCUT2D eigenvalue weighted by Gasteiger charge is -2.14. The van der Waals surface area contributed by atoms with E-state index in [0.29, 0.717) is 29.0 Å². The summed E-state index contributed by atoms with van der Waals surface area (Å²) in [4.78, 5) is 24.3. The zero-order valence-corrected chi connectivity index (χ0v) is 15.6. The van der Waals surface area contributed by atoms with Crippen molar-refractivity contribution >= 4 is 28.4 Å². The monoisotopic (exact) mass is 386 g/mol. The molecule has 0 aliphatic rings. The van der Waals surface area contributed by atoms with E-state index in [1.54, 1.807) is 37.6 Å². The van der Waals surface area contributed by atoms with Gasteiger partial charge in [-0.3, -0.25) is 0 Å². The van der Waals surface area contributed by atoms with Gasteiger partial charge < -0.3 is 21.1 Å². The maximum Gasteiger partial charge on any atom is 0.316 e. The van der Waals surface area contributed by atoms with Gasteiger partial charge in [0.05, 0.1) is 16.9 Å². The Morgan fingerprint density at radius 3 is 2.59 bits per heavy atom. The fourth-order valence-corrected chi connectivity index (χ4v) is 3.00. The van der Waals surface area contributed by atoms with E-state index >= 15 is 0 Å². The third-order valence-electron chi connectivity index (χ3n) is 4.27. The molecule has 0 atom stereocenters. The number of benzene rings is 2. The van der Waals surface area contributed by atoms with E-state index in [1.165, 1.54) is 0 Å². The standard InChI is InChI=1S/C21H18N6O2/c1-23-21-25-12-10-17(27-21)15-7-4-11-24-19(15)29-18-9-8-16(26-20(22)28)13-5-2-3-6-14(13)18/h2-12H,1H3,(H3,22,26,28)(H,23,25,27). The Kier molecular flexibility index (Phi) is 4.90. The number of fused-ring (bicyclic) bond motifs is 1. The minimum atomic E-state index is -0.625. The summed E-state index contributed by atoms with van der Waals surface area (Å²) in [5, 5.41) is 7.18. The number of primary amides is 1. The van der Waals surface area contributed by atoms with Gasteiger partial charge in [0.25, 0.3) is 0 Å². The van der Waals surface area contributed by atoms with Crippen LogP contribution in [0, 0.1) is 0 Å². The summed E-state index contributed by atoms with van der Waals surface area (Å²) in [7, 11) is 1.76. The Labute approximate surface area is 166 Å². The van der Waals surface area contributed by atoms with E-state index in [2.05, 4.69) is 25.6 Å². The van der Waals surface area contributed by atoms with Crippen LogP contribution in [-0.2, 0) is 0 Å². The molecule has 0 bridgehead atoms. The lowest BCUT2D eigenvalue weighted by molar-refractivity contribution is 0.259. The lowest BCUT2D eigenvalue weighted by Crippen LogP contribution is -2.19. The van der Waals surface area contributed by atoms with Crippen molar-refractivity contribution < 1.29 is 9.53 Å². The first-order chi connectivity index (χ1) is 14.2. The smallest absolute Gasteiger partial charge is 0.316 e. The first-order valence-electron chi connectivity index (χ1n) is 8.88. The Morgan fingerprint density at radius 1 is 0.966 bits per heavy atom. The quantitative estimate of drug-likeness (QED) is 0.477. The number of nitrogens with one attached hydrogen (secondary N) is 2. The highest BCUT2D eigenvalue weighted by molar-refractivity contribution is 6.03. The molecule has 144 valence electrons. The molecule has 2 aromatic carbocycles. The molecule has 0 spiro atoms. The van der Waals surface area contributed by atoms with Gasteiger partial charge in [-0.15, -0.1) is 0 Å². The van der Waals surface area contributed by atoms with Crippen molar-refractivity contribution in [3.8, 4) is 22.9 Å². The summed E-state index contributed by atoms with van der Waals surface area (Å²) in [6, 6.07) is 16.0. The number of rotatable bonds is 5. The number of hydrogen-bond acceptors (Lipinski definition) is 6. The molecule has 4 rings (SSSR count). The number of ether oxygens (including phenoxy) is 1. The van der Waals surface area contributed by atoms with Crippen molar-refractivity contribution in [2.75, 3.05) is 17.7 Å². The summed E-state index contributed by atoms with van der Waals surface area (Å²) >= 11 is 0. The average molecular weight is 386 g/mol. The minimum Gasteiger partial charge on any atom is -0.438 e. The van der Waals surface area contributed by atoms with Gasteiger partial charge in [-0.1, -0.05) is 24.3 Å². The van der Waals surface area contributed by atoms with Crippen molar-refractivity contribution in [2.24, 2.45) is 5.73 Å². The zero-order valence-electron chi connectivity index (χ0n) is 15.6. The molecule has 0 saturated heterocycles. The van der Waals surface area contributed by atoms with E-state index in [1.807, 2.05) is 36.4 Å². The van der Waals surface area contributed by atoms with Gasteiger partial charge in [0.1, 0.15) is 5.75 Å². The maximum absolute atomic E-state index is 11.3. The fourth-order valence-electron chi connectivity index (χ4n) is 3.00. The number of pyridine rings is 1. The van der Waals surface area contributed by atoms with Crippen molar-refractivity contribution in [1.82, 2.24) is 15.0 Å². The molecule has 0 radical (unpaired) electrons. The molecular formula is C21H18N6O2. The number of aromatic nitrogens is 3. The topological polar surface area (TPSA) is 115 Å². The first-order valence-corrected chi connectivity index (χ1v) is 8.88. The van der Waals surface area contributed by atoms with Gasteiger partial charge in [-0.25, -0.2) is 19.7 Å². The Bertz CT molecular complexity index is 1190. The number of nitrogens with zero attached hydrogens (tertiary/aromatic N) is 3. The molecule has 0 unspecified atom stereocenters. The maximum atomic E-state index is 11.3. The van der Waals surface area contributed by atoms with E-state index in [9.17, 15) is 4.79 Å². The molecule has 2 amide bonds. The predicted octanol–water partition coefficient (Wildman–Crippen LogP) is 4.02. The summed E-state index contributed by atoms with van der Waals surface area (Å²) in [5.74, 6) is 1.51. The fraction of sp³-hybridized carbons (Fsp3) is 0.0476. The summed E-state index contributed by atoms with van der Waals surface area (Å²) < 4.78 is 6.17. The number of carbonyl (C=O) groups excluding carboxylic acids is 1. The molecular weight excluding hydrogens is 368 g/mol. The van der Waals surface area contributed by atoms with Gasteiger partial charge in [0.15, 0.2) is 0 Å². The molecule has 8 nitrogen and oxygen atoms in total. The predicted molar refractivity (Wildman–Crippen MR) is 112 cm³/mol. The van der Waals surface area contributed by atoms with Gasteiger partial charge in [0.2, 0.25) is 11.8 Å². The van der Waals surface area contributed by atoms with Crippen LogP contribution in [0.5, 0.6) is 11.6 Å². The third-order valence-corrected chi connectivity index (χ3v) is 4.27. The molecule has 8 heteroatoms. The minimum absolute atomic E-state index is 0.411. The third kappa shape index (κ3) is 3.77. The number of urea groups is 1. The van der Waals surface area contributed by atoms with Gasteiger partial charge >= 0.3 is 6.03 Å². The average Bonchev–Trinajstić information content (AvgIpc) is 2.75. The zero-order chi connectivity index (χ0) is 20.2. The second-order valence-electron chi connectivity index (χ2n) is 6.12. The Balaban J connectivity index is 1.78. The van der Waals surface area contributed by atoms with Crippen LogP contribution in [0.15, 0.2) is 67.0 Å². The van der Waals surface area contributed by atoms with Crippen molar-refractivity contribution in [3.63, 3.8) is 0 Å². The molecule has 2 heterocycles. The molecule has 0 fully saturated rings. The van der Waals surface area contributed by atoms with E-state index in [0.717, 1.165) is 16.3 Å². The van der Waals surface area contributed by atoms with Crippen LogP contribution in [0.25, 0.3) is 22.0 Å². The number of hydrogen-bond donors (Lipinski definition) is 3. The highest BCUT2D eigenvalue weighted by Crippen LogP contribution is 2.36. The van der Waals surface area contributed by atoms with Gasteiger partial charge in [-0.05, 0) is 30.3 Å². The van der Waals surface area contributed by atoms with Crippen LogP contribution in [0.2, 0.25) is 0 Å². The summed E-state index contributed by atoms with van der Waals surface area (Å²) in [5.41, 5.74) is 7.30. The number of anilines is 2. The highest BCUT2D eigenvalue weighted by atomic mass is 16.5.